The van der Waals surface area contributed by atoms with Crippen molar-refractivity contribution in [2.45, 2.75) is 27.3 Å². The molecule has 7 nitrogen and oxygen atoms in total. The van der Waals surface area contributed by atoms with E-state index in [-0.39, 0.29) is 6.79 Å². The van der Waals surface area contributed by atoms with Crippen LogP contribution in [0.15, 0.2) is 24.5 Å². The topological polar surface area (TPSA) is 63.3 Å². The molecular weight excluding hydrogens is 320 g/mol. The summed E-state index contributed by atoms with van der Waals surface area (Å²) < 4.78 is 20.6. The van der Waals surface area contributed by atoms with E-state index in [4.69, 9.17) is 14.2 Å². The molecule has 1 aliphatic rings. The summed E-state index contributed by atoms with van der Waals surface area (Å²) in [6.45, 7) is 7.20. The molecule has 3 aromatic rings. The average molecular weight is 340 g/mol. The summed E-state index contributed by atoms with van der Waals surface area (Å²) in [6, 6.07) is 3.75. The largest absolute Gasteiger partial charge is 0.496 e. The smallest absolute Gasteiger partial charge is 0.231 e. The van der Waals surface area contributed by atoms with Gasteiger partial charge in [-0.2, -0.15) is 5.10 Å². The Morgan fingerprint density at radius 2 is 1.96 bits per heavy atom. The molecule has 7 heteroatoms. The zero-order valence-electron chi connectivity index (χ0n) is 14.7. The molecule has 2 aromatic heterocycles. The lowest BCUT2D eigenvalue weighted by Crippen LogP contribution is -2.02. The van der Waals surface area contributed by atoms with E-state index in [1.54, 1.807) is 13.3 Å². The number of fused-ring (bicyclic) bond motifs is 1. The average Bonchev–Trinajstić information content (AvgIpc) is 3.31. The van der Waals surface area contributed by atoms with Crippen molar-refractivity contribution in [2.24, 2.45) is 0 Å². The third kappa shape index (κ3) is 2.34. The first-order valence-corrected chi connectivity index (χ1v) is 8.19. The molecule has 0 spiro atoms. The van der Waals surface area contributed by atoms with Crippen molar-refractivity contribution in [3.05, 3.63) is 35.9 Å². The summed E-state index contributed by atoms with van der Waals surface area (Å²) in [4.78, 5) is 4.56. The molecule has 0 aliphatic carbocycles. The van der Waals surface area contributed by atoms with Gasteiger partial charge in [0.05, 0.1) is 29.7 Å². The molecule has 0 radical (unpaired) electrons. The van der Waals surface area contributed by atoms with Gasteiger partial charge in [0.2, 0.25) is 6.79 Å². The van der Waals surface area contributed by atoms with Gasteiger partial charge in [-0.15, -0.1) is 0 Å². The fourth-order valence-corrected chi connectivity index (χ4v) is 3.29. The second-order valence-corrected chi connectivity index (χ2v) is 5.86. The number of hydrogen-bond donors (Lipinski definition) is 0. The molecule has 0 bridgehead atoms. The van der Waals surface area contributed by atoms with E-state index < -0.39 is 0 Å². The van der Waals surface area contributed by atoms with Crippen LogP contribution in [-0.2, 0) is 6.54 Å². The molecular formula is C18H20N4O3. The Morgan fingerprint density at radius 1 is 1.20 bits per heavy atom. The van der Waals surface area contributed by atoms with E-state index in [1.165, 1.54) is 0 Å². The van der Waals surface area contributed by atoms with Gasteiger partial charge in [-0.3, -0.25) is 9.25 Å². The lowest BCUT2D eigenvalue weighted by Gasteiger charge is -2.12. The van der Waals surface area contributed by atoms with Gasteiger partial charge in [0.1, 0.15) is 11.6 Å². The zero-order valence-corrected chi connectivity index (χ0v) is 14.7. The van der Waals surface area contributed by atoms with Gasteiger partial charge >= 0.3 is 0 Å². The summed E-state index contributed by atoms with van der Waals surface area (Å²) >= 11 is 0. The minimum absolute atomic E-state index is 0.220. The predicted molar refractivity (Wildman–Crippen MR) is 92.6 cm³/mol. The normalized spacial score (nSPS) is 12.6. The van der Waals surface area contributed by atoms with Gasteiger partial charge in [0, 0.05) is 25.0 Å². The second kappa shape index (κ2) is 5.84. The molecule has 1 aliphatic heterocycles. The van der Waals surface area contributed by atoms with Crippen LogP contribution in [0.2, 0.25) is 0 Å². The minimum Gasteiger partial charge on any atom is -0.496 e. The van der Waals surface area contributed by atoms with Crippen molar-refractivity contribution in [3.63, 3.8) is 0 Å². The Morgan fingerprint density at radius 3 is 2.64 bits per heavy atom. The summed E-state index contributed by atoms with van der Waals surface area (Å²) in [5.41, 5.74) is 3.94. The first kappa shape index (κ1) is 15.6. The number of rotatable bonds is 4. The predicted octanol–water partition coefficient (Wildman–Crippen LogP) is 3.11. The van der Waals surface area contributed by atoms with Gasteiger partial charge in [-0.05, 0) is 26.8 Å². The molecule has 0 N–H and O–H groups in total. The number of hydrogen-bond acceptors (Lipinski definition) is 5. The Labute approximate surface area is 145 Å². The maximum Gasteiger partial charge on any atom is 0.231 e. The molecule has 0 atom stereocenters. The zero-order chi connectivity index (χ0) is 17.6. The van der Waals surface area contributed by atoms with E-state index in [1.807, 2.05) is 34.5 Å². The number of aromatic nitrogens is 4. The Kier molecular flexibility index (Phi) is 3.63. The van der Waals surface area contributed by atoms with Crippen LogP contribution >= 0.6 is 0 Å². The standard InChI is InChI=1S/C18H20N4O3/c1-5-22-12(3)17(11(2)20-22)21-7-6-19-18(21)13-8-15-16(25-10-24-15)9-14(13)23-4/h6-9H,5,10H2,1-4H3. The van der Waals surface area contributed by atoms with Crippen LogP contribution in [0.1, 0.15) is 18.3 Å². The molecule has 0 saturated heterocycles. The third-order valence-corrected chi connectivity index (χ3v) is 4.46. The van der Waals surface area contributed by atoms with E-state index in [0.29, 0.717) is 17.2 Å². The van der Waals surface area contributed by atoms with Gasteiger partial charge in [-0.1, -0.05) is 0 Å². The number of methoxy groups -OCH3 is 1. The Hall–Kier alpha value is -2.96. The fourth-order valence-electron chi connectivity index (χ4n) is 3.29. The Balaban J connectivity index is 1.91. The highest BCUT2D eigenvalue weighted by molar-refractivity contribution is 5.72. The van der Waals surface area contributed by atoms with E-state index in [9.17, 15) is 0 Å². The summed E-state index contributed by atoms with van der Waals surface area (Å²) in [5, 5.41) is 4.61. The van der Waals surface area contributed by atoms with E-state index in [0.717, 1.165) is 35.0 Å². The molecule has 0 amide bonds. The quantitative estimate of drug-likeness (QED) is 0.730. The first-order valence-electron chi connectivity index (χ1n) is 8.19. The lowest BCUT2D eigenvalue weighted by molar-refractivity contribution is 0.174. The van der Waals surface area contributed by atoms with Crippen LogP contribution < -0.4 is 14.2 Å². The van der Waals surface area contributed by atoms with Crippen molar-refractivity contribution in [2.75, 3.05) is 13.9 Å². The van der Waals surface area contributed by atoms with Crippen molar-refractivity contribution in [1.29, 1.82) is 0 Å². The van der Waals surface area contributed by atoms with Crippen molar-refractivity contribution in [3.8, 4) is 34.3 Å². The second-order valence-electron chi connectivity index (χ2n) is 5.86. The highest BCUT2D eigenvalue weighted by Crippen LogP contribution is 2.42. The van der Waals surface area contributed by atoms with Crippen molar-refractivity contribution >= 4 is 0 Å². The number of ether oxygens (including phenoxy) is 3. The van der Waals surface area contributed by atoms with Crippen LogP contribution in [0.3, 0.4) is 0 Å². The number of nitrogens with zero attached hydrogens (tertiary/aromatic N) is 4. The number of imidazole rings is 1. The molecule has 25 heavy (non-hydrogen) atoms. The van der Waals surface area contributed by atoms with Gasteiger partial charge < -0.3 is 14.2 Å². The summed E-state index contributed by atoms with van der Waals surface area (Å²) in [5.74, 6) is 2.85. The third-order valence-electron chi connectivity index (χ3n) is 4.46. The van der Waals surface area contributed by atoms with Crippen LogP contribution in [0, 0.1) is 13.8 Å². The SMILES string of the molecule is CCn1nc(C)c(-n2ccnc2-c2cc3c(cc2OC)OCO3)c1C. The van der Waals surface area contributed by atoms with Gasteiger partial charge in [0.25, 0.3) is 0 Å². The van der Waals surface area contributed by atoms with Gasteiger partial charge in [0.15, 0.2) is 11.5 Å². The Bertz CT molecular complexity index is 942. The van der Waals surface area contributed by atoms with Crippen LogP contribution in [0.25, 0.3) is 17.1 Å². The molecule has 4 rings (SSSR count). The van der Waals surface area contributed by atoms with Crippen molar-refractivity contribution in [1.82, 2.24) is 19.3 Å². The van der Waals surface area contributed by atoms with Crippen LogP contribution in [0.4, 0.5) is 0 Å². The molecule has 130 valence electrons. The number of benzene rings is 1. The molecule has 3 heterocycles. The highest BCUT2D eigenvalue weighted by atomic mass is 16.7. The minimum atomic E-state index is 0.220. The van der Waals surface area contributed by atoms with Crippen LogP contribution in [-0.4, -0.2) is 33.2 Å². The fraction of sp³-hybridized carbons (Fsp3) is 0.333. The number of aryl methyl sites for hydroxylation is 2. The van der Waals surface area contributed by atoms with Crippen LogP contribution in [0.5, 0.6) is 17.2 Å². The van der Waals surface area contributed by atoms with E-state index in [2.05, 4.69) is 23.9 Å². The monoisotopic (exact) mass is 340 g/mol. The molecule has 0 fully saturated rings. The summed E-state index contributed by atoms with van der Waals surface area (Å²) in [7, 11) is 1.64. The van der Waals surface area contributed by atoms with Gasteiger partial charge in [-0.25, -0.2) is 4.98 Å². The first-order chi connectivity index (χ1) is 12.1. The highest BCUT2D eigenvalue weighted by Gasteiger charge is 2.23. The van der Waals surface area contributed by atoms with E-state index >= 15 is 0 Å². The summed E-state index contributed by atoms with van der Waals surface area (Å²) in [6.07, 6.45) is 3.72. The van der Waals surface area contributed by atoms with Crippen molar-refractivity contribution < 1.29 is 14.2 Å². The molecule has 1 aromatic carbocycles. The maximum absolute atomic E-state index is 5.56. The molecule has 0 unspecified atom stereocenters. The molecule has 0 saturated carbocycles. The maximum atomic E-state index is 5.56. The lowest BCUT2D eigenvalue weighted by atomic mass is 10.1.